The molecule has 3 nitrogen and oxygen atoms in total. The number of nitrogens with zero attached hydrogens (tertiary/aromatic N) is 1. The van der Waals surface area contributed by atoms with E-state index in [2.05, 4.69) is 71.1 Å². The van der Waals surface area contributed by atoms with E-state index >= 15 is 0 Å². The highest BCUT2D eigenvalue weighted by Gasteiger charge is 2.29. The first-order valence-electron chi connectivity index (χ1n) is 10.6. The van der Waals surface area contributed by atoms with Gasteiger partial charge in [-0.2, -0.15) is 0 Å². The van der Waals surface area contributed by atoms with Gasteiger partial charge in [-0.25, -0.2) is 0 Å². The van der Waals surface area contributed by atoms with E-state index in [0.717, 1.165) is 25.0 Å². The molecule has 3 heteroatoms. The highest BCUT2D eigenvalue weighted by Crippen LogP contribution is 2.40. The van der Waals surface area contributed by atoms with Crippen LogP contribution in [0.2, 0.25) is 0 Å². The molecule has 2 rings (SSSR count). The molecule has 0 amide bonds. The van der Waals surface area contributed by atoms with Crippen molar-refractivity contribution in [1.29, 1.82) is 0 Å². The van der Waals surface area contributed by atoms with Gasteiger partial charge in [-0.3, -0.25) is 9.69 Å². The molecule has 1 atom stereocenters. The molecule has 0 spiro atoms. The maximum Gasteiger partial charge on any atom is 0.320 e. The summed E-state index contributed by atoms with van der Waals surface area (Å²) in [5.74, 6) is -0.698. The van der Waals surface area contributed by atoms with Gasteiger partial charge in [0.1, 0.15) is 6.04 Å². The monoisotopic (exact) mass is 383 g/mol. The first kappa shape index (κ1) is 22.4. The molecule has 28 heavy (non-hydrogen) atoms. The number of hydrogen-bond donors (Lipinski definition) is 1. The third-order valence-electron chi connectivity index (χ3n) is 6.07. The van der Waals surface area contributed by atoms with Crippen molar-refractivity contribution in [2.75, 3.05) is 13.1 Å². The summed E-state index contributed by atoms with van der Waals surface area (Å²) in [6.07, 6.45) is 18.5. The van der Waals surface area contributed by atoms with Gasteiger partial charge in [0.15, 0.2) is 0 Å². The Morgan fingerprint density at radius 2 is 1.96 bits per heavy atom. The summed E-state index contributed by atoms with van der Waals surface area (Å²) in [5, 5.41) is 9.25. The molecule has 154 valence electrons. The van der Waals surface area contributed by atoms with E-state index in [1.54, 1.807) is 0 Å². The molecule has 0 radical (unpaired) electrons. The number of carboxylic acids is 1. The molecule has 1 N–H and O–H groups in total. The Morgan fingerprint density at radius 1 is 1.21 bits per heavy atom. The van der Waals surface area contributed by atoms with Crippen molar-refractivity contribution in [1.82, 2.24) is 4.90 Å². The molecule has 1 saturated heterocycles. The molecule has 0 aromatic carbocycles. The van der Waals surface area contributed by atoms with Gasteiger partial charge in [0.05, 0.1) is 0 Å². The molecule has 1 aliphatic heterocycles. The van der Waals surface area contributed by atoms with Gasteiger partial charge in [-0.15, -0.1) is 0 Å². The average Bonchev–Trinajstić information content (AvgIpc) is 3.08. The molecule has 1 aliphatic carbocycles. The normalized spacial score (nSPS) is 24.7. The average molecular weight is 384 g/mol. The minimum Gasteiger partial charge on any atom is -0.480 e. The predicted octanol–water partition coefficient (Wildman–Crippen LogP) is 6.07. The van der Waals surface area contributed by atoms with E-state index in [0.29, 0.717) is 6.54 Å². The summed E-state index contributed by atoms with van der Waals surface area (Å²) in [7, 11) is 0. The molecule has 0 bridgehead atoms. The minimum absolute atomic E-state index is 0.275. The van der Waals surface area contributed by atoms with Crippen molar-refractivity contribution in [3.05, 3.63) is 58.7 Å². The maximum absolute atomic E-state index is 11.2. The molecule has 0 saturated carbocycles. The quantitative estimate of drug-likeness (QED) is 0.543. The number of carbonyl (C=O) groups is 1. The van der Waals surface area contributed by atoms with Crippen LogP contribution in [0.4, 0.5) is 0 Å². The van der Waals surface area contributed by atoms with E-state index in [4.69, 9.17) is 0 Å². The number of aliphatic carboxylic acids is 1. The number of carboxylic acid groups (broad SMARTS) is 1. The second-order valence-corrected chi connectivity index (χ2v) is 8.97. The van der Waals surface area contributed by atoms with Crippen LogP contribution in [0.3, 0.4) is 0 Å². The second kappa shape index (κ2) is 10.1. The van der Waals surface area contributed by atoms with Crippen molar-refractivity contribution in [2.24, 2.45) is 5.41 Å². The Kier molecular flexibility index (Phi) is 8.06. The Morgan fingerprint density at radius 3 is 2.64 bits per heavy atom. The van der Waals surface area contributed by atoms with Crippen LogP contribution in [0.1, 0.15) is 66.7 Å². The molecular formula is C25H37NO2. The molecule has 0 aromatic heterocycles. The summed E-state index contributed by atoms with van der Waals surface area (Å²) in [4.78, 5) is 13.3. The number of hydrogen-bond acceptors (Lipinski definition) is 2. The Balaban J connectivity index is 1.92. The third kappa shape index (κ3) is 6.34. The van der Waals surface area contributed by atoms with Crippen LogP contribution in [0.15, 0.2) is 58.7 Å². The zero-order chi connectivity index (χ0) is 20.7. The third-order valence-corrected chi connectivity index (χ3v) is 6.07. The van der Waals surface area contributed by atoms with E-state index < -0.39 is 5.97 Å². The smallest absolute Gasteiger partial charge is 0.320 e. The summed E-state index contributed by atoms with van der Waals surface area (Å²) >= 11 is 0. The first-order chi connectivity index (χ1) is 13.2. The number of likely N-dealkylation sites (tertiary alicyclic amines) is 1. The summed E-state index contributed by atoms with van der Waals surface area (Å²) in [5.41, 5.74) is 5.69. The van der Waals surface area contributed by atoms with Crippen LogP contribution in [-0.4, -0.2) is 35.1 Å². The Hall–Kier alpha value is -1.87. The zero-order valence-electron chi connectivity index (χ0n) is 18.3. The van der Waals surface area contributed by atoms with E-state index in [9.17, 15) is 9.90 Å². The summed E-state index contributed by atoms with van der Waals surface area (Å²) < 4.78 is 0. The topological polar surface area (TPSA) is 40.5 Å². The molecular weight excluding hydrogens is 346 g/mol. The van der Waals surface area contributed by atoms with Crippen molar-refractivity contribution in [3.8, 4) is 0 Å². The molecule has 1 unspecified atom stereocenters. The van der Waals surface area contributed by atoms with Crippen LogP contribution in [-0.2, 0) is 4.79 Å². The SMILES string of the molecule is CC1=C(/C=C/C(C)=C/C=C/C(C)=C/CN2CCCC2C(=O)O)C(C)(C)CCC1. The van der Waals surface area contributed by atoms with Crippen molar-refractivity contribution in [2.45, 2.75) is 72.8 Å². The van der Waals surface area contributed by atoms with Gasteiger partial charge in [-0.1, -0.05) is 67.0 Å². The molecule has 2 aliphatic rings. The van der Waals surface area contributed by atoms with E-state index in [1.807, 2.05) is 4.90 Å². The fourth-order valence-corrected chi connectivity index (χ4v) is 4.29. The number of allylic oxidation sites excluding steroid dienone is 9. The Bertz CT molecular complexity index is 719. The highest BCUT2D eigenvalue weighted by molar-refractivity contribution is 5.73. The van der Waals surface area contributed by atoms with Gasteiger partial charge < -0.3 is 5.11 Å². The highest BCUT2D eigenvalue weighted by atomic mass is 16.4. The fourth-order valence-electron chi connectivity index (χ4n) is 4.29. The maximum atomic E-state index is 11.2. The summed E-state index contributed by atoms with van der Waals surface area (Å²) in [6.45, 7) is 12.7. The van der Waals surface area contributed by atoms with E-state index in [-0.39, 0.29) is 11.5 Å². The van der Waals surface area contributed by atoms with Crippen LogP contribution in [0.25, 0.3) is 0 Å². The molecule has 1 fully saturated rings. The molecule has 1 heterocycles. The molecule has 0 aromatic rings. The minimum atomic E-state index is -0.698. The van der Waals surface area contributed by atoms with Gasteiger partial charge in [-0.05, 0) is 70.4 Å². The van der Waals surface area contributed by atoms with Crippen LogP contribution >= 0.6 is 0 Å². The second-order valence-electron chi connectivity index (χ2n) is 8.97. The van der Waals surface area contributed by atoms with Crippen LogP contribution < -0.4 is 0 Å². The number of rotatable bonds is 7. The first-order valence-corrected chi connectivity index (χ1v) is 10.6. The fraction of sp³-hybridized carbons (Fsp3) is 0.560. The van der Waals surface area contributed by atoms with Crippen LogP contribution in [0, 0.1) is 5.41 Å². The van der Waals surface area contributed by atoms with Crippen molar-refractivity contribution < 1.29 is 9.90 Å². The zero-order valence-corrected chi connectivity index (χ0v) is 18.3. The largest absolute Gasteiger partial charge is 0.480 e. The van der Waals surface area contributed by atoms with Gasteiger partial charge in [0.2, 0.25) is 0 Å². The lowest BCUT2D eigenvalue weighted by Gasteiger charge is -2.32. The predicted molar refractivity (Wildman–Crippen MR) is 118 cm³/mol. The lowest BCUT2D eigenvalue weighted by Crippen LogP contribution is -2.35. The summed E-state index contributed by atoms with van der Waals surface area (Å²) in [6, 6.07) is -0.317. The van der Waals surface area contributed by atoms with Gasteiger partial charge in [0.25, 0.3) is 0 Å². The van der Waals surface area contributed by atoms with Crippen molar-refractivity contribution >= 4 is 5.97 Å². The standard InChI is InChI=1S/C25H37NO2/c1-19(13-14-22-21(3)11-7-16-25(22,4)5)9-6-10-20(2)15-18-26-17-8-12-23(26)24(27)28/h6,9-10,13-15,23H,7-8,11-12,16-18H2,1-5H3,(H,27,28)/b10-6+,14-13+,19-9+,20-15+. The Labute approximate surface area is 171 Å². The van der Waals surface area contributed by atoms with Crippen LogP contribution in [0.5, 0.6) is 0 Å². The van der Waals surface area contributed by atoms with E-state index in [1.165, 1.54) is 36.0 Å². The van der Waals surface area contributed by atoms with Gasteiger partial charge >= 0.3 is 5.97 Å². The lowest BCUT2D eigenvalue weighted by atomic mass is 9.72. The lowest BCUT2D eigenvalue weighted by molar-refractivity contribution is -0.141. The van der Waals surface area contributed by atoms with Crippen molar-refractivity contribution in [3.63, 3.8) is 0 Å². The van der Waals surface area contributed by atoms with Gasteiger partial charge in [0, 0.05) is 6.54 Å².